The maximum atomic E-state index is 13.5. The van der Waals surface area contributed by atoms with Crippen LogP contribution < -0.4 is 24.8 Å². The number of hydrogen-bond acceptors (Lipinski definition) is 6. The van der Waals surface area contributed by atoms with E-state index in [4.69, 9.17) is 14.2 Å². The first-order valence-electron chi connectivity index (χ1n) is 15.4. The Kier molecular flexibility index (Phi) is 12.1. The van der Waals surface area contributed by atoms with Gasteiger partial charge in [0.25, 0.3) is 0 Å². The summed E-state index contributed by atoms with van der Waals surface area (Å²) in [6.07, 6.45) is -3.42. The second-order valence-corrected chi connectivity index (χ2v) is 11.5. The predicted molar refractivity (Wildman–Crippen MR) is 168 cm³/mol. The smallest absolute Gasteiger partial charge is 0.417 e. The molecule has 5 rings (SSSR count). The number of aromatic hydroxyl groups is 1. The Balaban J connectivity index is 0.000000230. The maximum absolute atomic E-state index is 13.5. The highest BCUT2D eigenvalue weighted by atomic mass is 19.4. The normalized spacial score (nSPS) is 14.4. The number of phenols is 1. The van der Waals surface area contributed by atoms with Crippen LogP contribution in [0.1, 0.15) is 59.9 Å². The minimum atomic E-state index is -4.60. The average molecular weight is 695 g/mol. The van der Waals surface area contributed by atoms with E-state index in [1.165, 1.54) is 20.3 Å². The van der Waals surface area contributed by atoms with Crippen molar-refractivity contribution in [3.05, 3.63) is 88.5 Å². The third-order valence-electron chi connectivity index (χ3n) is 7.49. The first-order valence-corrected chi connectivity index (χ1v) is 15.4. The molecule has 0 spiro atoms. The molecule has 2 fully saturated rings. The van der Waals surface area contributed by atoms with E-state index in [0.717, 1.165) is 61.6 Å². The van der Waals surface area contributed by atoms with Gasteiger partial charge in [-0.25, -0.2) is 0 Å². The average Bonchev–Trinajstić information content (AvgIpc) is 3.99. The monoisotopic (exact) mass is 694 g/mol. The Morgan fingerprint density at radius 1 is 0.816 bits per heavy atom. The molecular formula is C35H36F6N2O6. The fraction of sp³-hybridized carbons (Fsp3) is 0.371. The lowest BCUT2D eigenvalue weighted by Crippen LogP contribution is -2.25. The third kappa shape index (κ3) is 11.4. The summed E-state index contributed by atoms with van der Waals surface area (Å²) < 4.78 is 94.8. The van der Waals surface area contributed by atoms with Crippen molar-refractivity contribution in [2.24, 2.45) is 0 Å². The van der Waals surface area contributed by atoms with Crippen LogP contribution in [0.15, 0.2) is 60.7 Å². The molecule has 3 aromatic rings. The molecule has 8 nitrogen and oxygen atoms in total. The number of nitrogens with one attached hydrogen (secondary N) is 2. The summed E-state index contributed by atoms with van der Waals surface area (Å²) in [4.78, 5) is 23.4. The van der Waals surface area contributed by atoms with Crippen LogP contribution >= 0.6 is 0 Å². The van der Waals surface area contributed by atoms with Crippen molar-refractivity contribution in [2.75, 3.05) is 14.2 Å². The van der Waals surface area contributed by atoms with E-state index in [1.54, 1.807) is 0 Å². The van der Waals surface area contributed by atoms with Crippen LogP contribution in [0.5, 0.6) is 23.0 Å². The molecule has 0 atom stereocenters. The van der Waals surface area contributed by atoms with Crippen LogP contribution in [0.4, 0.5) is 26.3 Å². The van der Waals surface area contributed by atoms with Gasteiger partial charge in [-0.3, -0.25) is 9.59 Å². The summed E-state index contributed by atoms with van der Waals surface area (Å²) in [7, 11) is 2.46. The molecule has 49 heavy (non-hydrogen) atoms. The van der Waals surface area contributed by atoms with Crippen molar-refractivity contribution in [2.45, 2.75) is 69.6 Å². The number of alkyl halides is 6. The molecular weight excluding hydrogens is 658 g/mol. The minimum Gasteiger partial charge on any atom is -0.504 e. The Labute approximate surface area is 279 Å². The first-order chi connectivity index (χ1) is 23.2. The van der Waals surface area contributed by atoms with E-state index in [9.17, 15) is 41.0 Å². The first kappa shape index (κ1) is 36.9. The molecule has 3 N–H and O–H groups in total. The van der Waals surface area contributed by atoms with Gasteiger partial charge < -0.3 is 30.0 Å². The van der Waals surface area contributed by atoms with Crippen molar-refractivity contribution >= 4 is 17.9 Å². The third-order valence-corrected chi connectivity index (χ3v) is 7.49. The zero-order valence-electron chi connectivity index (χ0n) is 26.7. The maximum Gasteiger partial charge on any atom is 0.417 e. The van der Waals surface area contributed by atoms with Gasteiger partial charge in [-0.05, 0) is 79.1 Å². The summed E-state index contributed by atoms with van der Waals surface area (Å²) in [5.74, 6) is -1.17. The molecule has 2 amide bonds. The second kappa shape index (κ2) is 16.0. The molecule has 264 valence electrons. The van der Waals surface area contributed by atoms with Crippen molar-refractivity contribution in [3.63, 3.8) is 0 Å². The van der Waals surface area contributed by atoms with Gasteiger partial charge in [0.15, 0.2) is 23.0 Å². The van der Waals surface area contributed by atoms with Gasteiger partial charge in [-0.15, -0.1) is 0 Å². The summed E-state index contributed by atoms with van der Waals surface area (Å²) in [5, 5.41) is 15.0. The number of aryl methyl sites for hydroxylation is 1. The quantitative estimate of drug-likeness (QED) is 0.137. The molecule has 2 aliphatic carbocycles. The number of benzene rings is 3. The molecule has 14 heteroatoms. The topological polar surface area (TPSA) is 106 Å². The lowest BCUT2D eigenvalue weighted by molar-refractivity contribution is -0.139. The van der Waals surface area contributed by atoms with E-state index in [2.05, 4.69) is 10.6 Å². The Hall–Kier alpha value is -4.88. The Bertz CT molecular complexity index is 1630. The van der Waals surface area contributed by atoms with Crippen LogP contribution in [0.2, 0.25) is 0 Å². The molecule has 3 aromatic carbocycles. The van der Waals surface area contributed by atoms with E-state index in [0.29, 0.717) is 0 Å². The van der Waals surface area contributed by atoms with E-state index < -0.39 is 29.4 Å². The number of ether oxygens (including phenoxy) is 3. The predicted octanol–water partition coefficient (Wildman–Crippen LogP) is 7.22. The molecule has 0 radical (unpaired) electrons. The van der Waals surface area contributed by atoms with Gasteiger partial charge >= 0.3 is 12.4 Å². The Morgan fingerprint density at radius 2 is 1.41 bits per heavy atom. The van der Waals surface area contributed by atoms with Crippen LogP contribution in [-0.2, 0) is 35.0 Å². The lowest BCUT2D eigenvalue weighted by atomic mass is 10.0. The Morgan fingerprint density at radius 3 is 1.98 bits per heavy atom. The van der Waals surface area contributed by atoms with E-state index in [1.807, 2.05) is 30.3 Å². The fourth-order valence-corrected chi connectivity index (χ4v) is 4.63. The number of halogens is 6. The number of methoxy groups -OCH3 is 2. The van der Waals surface area contributed by atoms with Crippen LogP contribution in [0.25, 0.3) is 6.08 Å². The summed E-state index contributed by atoms with van der Waals surface area (Å²) in [6, 6.07) is 13.4. The van der Waals surface area contributed by atoms with E-state index >= 15 is 0 Å². The van der Waals surface area contributed by atoms with Gasteiger partial charge in [0.05, 0.1) is 25.3 Å². The van der Waals surface area contributed by atoms with Crippen molar-refractivity contribution in [1.82, 2.24) is 10.6 Å². The molecule has 0 bridgehead atoms. The fourth-order valence-electron chi connectivity index (χ4n) is 4.63. The lowest BCUT2D eigenvalue weighted by Gasteiger charge is -2.16. The van der Waals surface area contributed by atoms with Gasteiger partial charge in [0.2, 0.25) is 11.8 Å². The van der Waals surface area contributed by atoms with Gasteiger partial charge in [-0.2, -0.15) is 26.3 Å². The van der Waals surface area contributed by atoms with Crippen molar-refractivity contribution in [1.29, 1.82) is 0 Å². The summed E-state index contributed by atoms with van der Waals surface area (Å²) >= 11 is 0. The van der Waals surface area contributed by atoms with Gasteiger partial charge in [0.1, 0.15) is 6.61 Å². The van der Waals surface area contributed by atoms with Crippen LogP contribution in [0.3, 0.4) is 0 Å². The number of phenolic OH excluding ortho intramolecular Hbond substituents is 1. The number of carbonyl (C=O) groups is 2. The molecule has 0 heterocycles. The highest BCUT2D eigenvalue weighted by Gasteiger charge is 2.36. The summed E-state index contributed by atoms with van der Waals surface area (Å²) in [6.45, 7) is 0.174. The number of amides is 2. The van der Waals surface area contributed by atoms with Crippen molar-refractivity contribution < 1.29 is 55.2 Å². The summed E-state index contributed by atoms with van der Waals surface area (Å²) in [5.41, 5.74) is -1.21. The number of hydrogen-bond donors (Lipinski definition) is 3. The highest BCUT2D eigenvalue weighted by Crippen LogP contribution is 2.41. The minimum absolute atomic E-state index is 0.0251. The SMILES string of the molecule is COc1cc(C(F)(F)F)c(C=CC(=O)NC2CC2)cc1OCc1ccccc1.COc1cc(C(F)(F)F)c(CCC(=O)NC2CC2)cc1O. The standard InChI is InChI=1S/C21H20F3NO3.C14H16F3NO3/c1-27-18-12-17(21(22,23)24)15(7-10-20(26)25-16-8-9-16)11-19(18)28-13-14-5-3-2-4-6-14;1-21-12-7-10(14(15,16)17)8(6-11(12)19)2-5-13(20)18-9-3-4-9/h2-7,10-12,16H,8-9,13H2,1H3,(H,25,26);6-7,9,19H,2-5H2,1H3,(H,18,20). The zero-order chi connectivity index (χ0) is 35.8. The van der Waals surface area contributed by atoms with Gasteiger partial charge in [-0.1, -0.05) is 30.3 Å². The van der Waals surface area contributed by atoms with Gasteiger partial charge in [0, 0.05) is 24.6 Å². The molecule has 2 saturated carbocycles. The molecule has 2 aliphatic rings. The van der Waals surface area contributed by atoms with Crippen molar-refractivity contribution in [3.8, 4) is 23.0 Å². The number of rotatable bonds is 12. The molecule has 0 unspecified atom stereocenters. The molecule has 0 aliphatic heterocycles. The highest BCUT2D eigenvalue weighted by molar-refractivity contribution is 5.92. The van der Waals surface area contributed by atoms with E-state index in [-0.39, 0.29) is 71.6 Å². The van der Waals surface area contributed by atoms with Crippen LogP contribution in [-0.4, -0.2) is 43.2 Å². The molecule has 0 saturated heterocycles. The number of carbonyl (C=O) groups excluding carboxylic acids is 2. The second-order valence-electron chi connectivity index (χ2n) is 11.5. The zero-order valence-corrected chi connectivity index (χ0v) is 26.7. The molecule has 0 aromatic heterocycles. The largest absolute Gasteiger partial charge is 0.504 e. The van der Waals surface area contributed by atoms with Crippen LogP contribution in [0, 0.1) is 0 Å².